The van der Waals surface area contributed by atoms with Crippen LogP contribution in [0.3, 0.4) is 0 Å². The average Bonchev–Trinajstić information content (AvgIpc) is 3.06. The number of benzene rings is 7. The van der Waals surface area contributed by atoms with Crippen molar-refractivity contribution in [2.45, 2.75) is 0 Å². The number of para-hydroxylation sites is 2. The summed E-state index contributed by atoms with van der Waals surface area (Å²) in [7, 11) is 0. The molecule has 0 spiro atoms. The van der Waals surface area contributed by atoms with Gasteiger partial charge >= 0.3 is 0 Å². The van der Waals surface area contributed by atoms with Gasteiger partial charge in [-0.15, -0.1) is 0 Å². The van der Waals surface area contributed by atoms with E-state index in [2.05, 4.69) is 181 Å². The zero-order chi connectivity index (χ0) is 27.4. The van der Waals surface area contributed by atoms with Gasteiger partial charge in [0.1, 0.15) is 0 Å². The van der Waals surface area contributed by atoms with Crippen LogP contribution in [0.15, 0.2) is 176 Å². The number of hydrogen-bond acceptors (Lipinski definition) is 1. The summed E-state index contributed by atoms with van der Waals surface area (Å²) in [5.74, 6) is 0. The van der Waals surface area contributed by atoms with Gasteiger partial charge in [-0.1, -0.05) is 127 Å². The van der Waals surface area contributed by atoms with Crippen LogP contribution in [0.25, 0.3) is 44.2 Å². The van der Waals surface area contributed by atoms with Crippen molar-refractivity contribution in [3.8, 4) is 33.4 Å². The molecule has 0 amide bonds. The van der Waals surface area contributed by atoms with Gasteiger partial charge in [-0.05, 0) is 92.7 Å². The minimum Gasteiger partial charge on any atom is -0.311 e. The van der Waals surface area contributed by atoms with Crippen molar-refractivity contribution in [2.75, 3.05) is 4.90 Å². The lowest BCUT2D eigenvalue weighted by atomic mass is 9.96. The van der Waals surface area contributed by atoms with Gasteiger partial charge in [-0.25, -0.2) is 0 Å². The van der Waals surface area contributed by atoms with Gasteiger partial charge in [-0.2, -0.15) is 0 Å². The second-order valence-corrected chi connectivity index (χ2v) is 10.3. The van der Waals surface area contributed by atoms with Crippen molar-refractivity contribution < 1.29 is 0 Å². The smallest absolute Gasteiger partial charge is 0.0462 e. The average molecular weight is 524 g/mol. The molecule has 0 aromatic heterocycles. The Balaban J connectivity index is 1.15. The Kier molecular flexibility index (Phi) is 6.61. The highest BCUT2D eigenvalue weighted by Crippen LogP contribution is 2.36. The topological polar surface area (TPSA) is 3.24 Å². The number of anilines is 3. The van der Waals surface area contributed by atoms with E-state index in [0.29, 0.717) is 0 Å². The van der Waals surface area contributed by atoms with Gasteiger partial charge in [0.2, 0.25) is 0 Å². The molecule has 194 valence electrons. The first-order chi connectivity index (χ1) is 20.3. The molecule has 0 aliphatic rings. The molecule has 1 heteroatoms. The highest BCUT2D eigenvalue weighted by Gasteiger charge is 2.12. The lowest BCUT2D eigenvalue weighted by Crippen LogP contribution is -2.09. The summed E-state index contributed by atoms with van der Waals surface area (Å²) in [5.41, 5.74) is 10.7. The monoisotopic (exact) mass is 523 g/mol. The molecule has 0 unspecified atom stereocenters. The molecular weight excluding hydrogens is 494 g/mol. The maximum Gasteiger partial charge on any atom is 0.0462 e. The van der Waals surface area contributed by atoms with Crippen LogP contribution < -0.4 is 4.90 Å². The highest BCUT2D eigenvalue weighted by atomic mass is 15.1. The Morgan fingerprint density at radius 2 is 0.659 bits per heavy atom. The molecule has 7 aromatic rings. The zero-order valence-electron chi connectivity index (χ0n) is 22.7. The van der Waals surface area contributed by atoms with Crippen LogP contribution in [0.5, 0.6) is 0 Å². The van der Waals surface area contributed by atoms with Crippen molar-refractivity contribution in [2.24, 2.45) is 0 Å². The van der Waals surface area contributed by atoms with Crippen LogP contribution >= 0.6 is 0 Å². The third-order valence-corrected chi connectivity index (χ3v) is 7.65. The molecule has 1 nitrogen and oxygen atoms in total. The molecule has 7 aromatic carbocycles. The second kappa shape index (κ2) is 11.0. The zero-order valence-corrected chi connectivity index (χ0v) is 22.7. The number of fused-ring (bicyclic) bond motifs is 1. The Labute approximate surface area is 241 Å². The molecule has 0 bridgehead atoms. The van der Waals surface area contributed by atoms with Gasteiger partial charge in [0.05, 0.1) is 0 Å². The molecular formula is C40H29N. The fraction of sp³-hybridized carbons (Fsp3) is 0. The van der Waals surface area contributed by atoms with Crippen LogP contribution in [0.2, 0.25) is 0 Å². The number of rotatable bonds is 6. The van der Waals surface area contributed by atoms with Gasteiger partial charge in [0, 0.05) is 17.1 Å². The molecule has 0 N–H and O–H groups in total. The quantitative estimate of drug-likeness (QED) is 0.209. The standard InChI is InChI=1S/C40H29N/c1-3-14-38(15-4-1)41(39-16-5-2-6-17-39)40-26-24-32(25-27-40)31-18-20-33(21-19-31)35-12-9-13-36(28-35)37-23-22-30-10-7-8-11-34(30)29-37/h1-29H. The second-order valence-electron chi connectivity index (χ2n) is 10.3. The summed E-state index contributed by atoms with van der Waals surface area (Å²) in [4.78, 5) is 2.29. The molecule has 0 atom stereocenters. The number of nitrogens with zero attached hydrogens (tertiary/aromatic N) is 1. The maximum absolute atomic E-state index is 2.29. The van der Waals surface area contributed by atoms with E-state index in [-0.39, 0.29) is 0 Å². The molecule has 7 rings (SSSR count). The molecule has 41 heavy (non-hydrogen) atoms. The first-order valence-electron chi connectivity index (χ1n) is 14.0. The van der Waals surface area contributed by atoms with E-state index in [4.69, 9.17) is 0 Å². The van der Waals surface area contributed by atoms with E-state index >= 15 is 0 Å². The summed E-state index contributed by atoms with van der Waals surface area (Å²) >= 11 is 0. The third-order valence-electron chi connectivity index (χ3n) is 7.65. The third kappa shape index (κ3) is 5.14. The van der Waals surface area contributed by atoms with Crippen LogP contribution in [0.1, 0.15) is 0 Å². The first kappa shape index (κ1) is 24.6. The van der Waals surface area contributed by atoms with Crippen LogP contribution in [0.4, 0.5) is 17.1 Å². The SMILES string of the molecule is c1ccc(N(c2ccccc2)c2ccc(-c3ccc(-c4cccc(-c5ccc6ccccc6c5)c4)cc3)cc2)cc1. The molecule has 0 saturated carbocycles. The Morgan fingerprint density at radius 3 is 1.27 bits per heavy atom. The summed E-state index contributed by atoms with van der Waals surface area (Å²) in [5, 5.41) is 2.53. The fourth-order valence-electron chi connectivity index (χ4n) is 5.51. The van der Waals surface area contributed by atoms with Gasteiger partial charge in [0.15, 0.2) is 0 Å². The number of hydrogen-bond donors (Lipinski definition) is 0. The highest BCUT2D eigenvalue weighted by molar-refractivity contribution is 5.88. The Hall–Kier alpha value is -5.40. The van der Waals surface area contributed by atoms with E-state index in [9.17, 15) is 0 Å². The van der Waals surface area contributed by atoms with Crippen molar-refractivity contribution >= 4 is 27.8 Å². The largest absolute Gasteiger partial charge is 0.311 e. The predicted molar refractivity (Wildman–Crippen MR) is 175 cm³/mol. The summed E-state index contributed by atoms with van der Waals surface area (Å²) in [6.07, 6.45) is 0. The molecule has 0 saturated heterocycles. The van der Waals surface area contributed by atoms with E-state index in [1.807, 2.05) is 0 Å². The molecule has 0 radical (unpaired) electrons. The van der Waals surface area contributed by atoms with E-state index in [1.54, 1.807) is 0 Å². The van der Waals surface area contributed by atoms with Gasteiger partial charge in [0.25, 0.3) is 0 Å². The summed E-state index contributed by atoms with van der Waals surface area (Å²) in [6.45, 7) is 0. The lowest BCUT2D eigenvalue weighted by Gasteiger charge is -2.25. The van der Waals surface area contributed by atoms with E-state index in [1.165, 1.54) is 44.2 Å². The first-order valence-corrected chi connectivity index (χ1v) is 14.0. The fourth-order valence-corrected chi connectivity index (χ4v) is 5.51. The van der Waals surface area contributed by atoms with Crippen molar-refractivity contribution in [1.29, 1.82) is 0 Å². The van der Waals surface area contributed by atoms with Gasteiger partial charge < -0.3 is 4.90 Å². The van der Waals surface area contributed by atoms with Gasteiger partial charge in [-0.3, -0.25) is 0 Å². The van der Waals surface area contributed by atoms with E-state index < -0.39 is 0 Å². The molecule has 0 aliphatic carbocycles. The predicted octanol–water partition coefficient (Wildman–Crippen LogP) is 11.3. The van der Waals surface area contributed by atoms with Crippen LogP contribution in [0, 0.1) is 0 Å². The summed E-state index contributed by atoms with van der Waals surface area (Å²) < 4.78 is 0. The summed E-state index contributed by atoms with van der Waals surface area (Å²) in [6, 6.07) is 62.8. The molecule has 0 fully saturated rings. The van der Waals surface area contributed by atoms with Crippen molar-refractivity contribution in [3.05, 3.63) is 176 Å². The van der Waals surface area contributed by atoms with E-state index in [0.717, 1.165) is 17.1 Å². The van der Waals surface area contributed by atoms with Crippen LogP contribution in [-0.2, 0) is 0 Å². The van der Waals surface area contributed by atoms with Crippen LogP contribution in [-0.4, -0.2) is 0 Å². The Bertz CT molecular complexity index is 1870. The normalized spacial score (nSPS) is 10.9. The maximum atomic E-state index is 2.29. The molecule has 0 aliphatic heterocycles. The Morgan fingerprint density at radius 1 is 0.244 bits per heavy atom. The minimum absolute atomic E-state index is 1.13. The minimum atomic E-state index is 1.13. The van der Waals surface area contributed by atoms with Crippen molar-refractivity contribution in [3.63, 3.8) is 0 Å². The van der Waals surface area contributed by atoms with Crippen molar-refractivity contribution in [1.82, 2.24) is 0 Å². The molecule has 0 heterocycles. The lowest BCUT2D eigenvalue weighted by molar-refractivity contribution is 1.28.